The van der Waals surface area contributed by atoms with Crippen LogP contribution in [0.3, 0.4) is 0 Å². The van der Waals surface area contributed by atoms with Crippen molar-refractivity contribution in [2.45, 2.75) is 19.3 Å². The molecule has 226 valence electrons. The largest absolute Gasteiger partial charge is 0.453 e. The molecular formula is C41H31N5O. The van der Waals surface area contributed by atoms with Crippen molar-refractivity contribution in [1.29, 1.82) is 0 Å². The topological polar surface area (TPSA) is 46.4 Å². The Kier molecular flexibility index (Phi) is 6.05. The first kappa shape index (κ1) is 27.2. The number of fused-ring (bicyclic) bond motifs is 4. The van der Waals surface area contributed by atoms with Gasteiger partial charge >= 0.3 is 0 Å². The van der Waals surface area contributed by atoms with Crippen LogP contribution in [0.5, 0.6) is 11.5 Å². The van der Waals surface area contributed by atoms with E-state index in [4.69, 9.17) is 4.74 Å². The minimum atomic E-state index is -0.0935. The third-order valence-electron chi connectivity index (χ3n) is 9.35. The minimum absolute atomic E-state index is 0.0935. The second kappa shape index (κ2) is 10.5. The van der Waals surface area contributed by atoms with Gasteiger partial charge in [0.2, 0.25) is 0 Å². The fourth-order valence-corrected chi connectivity index (χ4v) is 7.05. The van der Waals surface area contributed by atoms with Crippen LogP contribution in [0.2, 0.25) is 0 Å². The van der Waals surface area contributed by atoms with Crippen LogP contribution in [-0.2, 0) is 5.41 Å². The quantitative estimate of drug-likeness (QED) is 0.199. The van der Waals surface area contributed by atoms with E-state index in [1.807, 2.05) is 59.4 Å². The van der Waals surface area contributed by atoms with Gasteiger partial charge in [0.25, 0.3) is 0 Å². The number of para-hydroxylation sites is 8. The highest BCUT2D eigenvalue weighted by Gasteiger charge is 2.36. The number of nitrogens with zero attached hydrogens (tertiary/aromatic N) is 5. The first-order chi connectivity index (χ1) is 23.1. The van der Waals surface area contributed by atoms with Crippen molar-refractivity contribution in [3.05, 3.63) is 163 Å². The Balaban J connectivity index is 1.09. The molecule has 2 aliphatic heterocycles. The Bertz CT molecular complexity index is 2190. The molecule has 9 rings (SSSR count). The van der Waals surface area contributed by atoms with Crippen molar-refractivity contribution in [2.24, 2.45) is 0 Å². The van der Waals surface area contributed by atoms with E-state index in [0.717, 1.165) is 51.2 Å². The Hall–Kier alpha value is -6.14. The molecule has 0 bridgehead atoms. The second-order valence-corrected chi connectivity index (χ2v) is 12.5. The van der Waals surface area contributed by atoms with Crippen LogP contribution in [0.15, 0.2) is 152 Å². The van der Waals surface area contributed by atoms with E-state index in [0.29, 0.717) is 0 Å². The standard InChI is InChI=1S/C41H31N5O/c1-41(2)30-13-3-5-15-33(30)45(34-16-6-4-14-31(34)41)29-25-23-28(24-26-29)32-27-44(43-42-32)35-17-7-8-18-36(35)46-37-19-9-11-21-39(37)47-40-22-12-10-20-38(40)46/h3-27H,1-2H3. The molecule has 47 heavy (non-hydrogen) atoms. The molecule has 0 spiro atoms. The van der Waals surface area contributed by atoms with Crippen LogP contribution in [-0.4, -0.2) is 15.0 Å². The first-order valence-electron chi connectivity index (χ1n) is 15.9. The maximum absolute atomic E-state index is 6.26. The zero-order valence-corrected chi connectivity index (χ0v) is 26.1. The summed E-state index contributed by atoms with van der Waals surface area (Å²) in [5.41, 5.74) is 11.7. The van der Waals surface area contributed by atoms with Gasteiger partial charge in [0, 0.05) is 16.7 Å². The molecule has 0 unspecified atom stereocenters. The zero-order valence-electron chi connectivity index (χ0n) is 26.1. The van der Waals surface area contributed by atoms with Gasteiger partial charge in [-0.2, -0.15) is 0 Å². The Morgan fingerprint density at radius 2 is 0.979 bits per heavy atom. The number of benzene rings is 6. The highest BCUT2D eigenvalue weighted by Crippen LogP contribution is 2.53. The van der Waals surface area contributed by atoms with Crippen molar-refractivity contribution in [3.63, 3.8) is 0 Å². The molecule has 0 saturated carbocycles. The maximum atomic E-state index is 6.26. The molecule has 6 nitrogen and oxygen atoms in total. The normalized spacial score (nSPS) is 14.0. The zero-order chi connectivity index (χ0) is 31.5. The number of hydrogen-bond acceptors (Lipinski definition) is 5. The van der Waals surface area contributed by atoms with Gasteiger partial charge < -0.3 is 14.5 Å². The van der Waals surface area contributed by atoms with Crippen molar-refractivity contribution in [1.82, 2.24) is 15.0 Å². The summed E-state index contributed by atoms with van der Waals surface area (Å²) in [5.74, 6) is 1.62. The predicted octanol–water partition coefficient (Wildman–Crippen LogP) is 10.6. The lowest BCUT2D eigenvalue weighted by atomic mass is 9.73. The number of hydrogen-bond donors (Lipinski definition) is 0. The van der Waals surface area contributed by atoms with E-state index >= 15 is 0 Å². The summed E-state index contributed by atoms with van der Waals surface area (Å²) in [6.07, 6.45) is 2.00. The molecule has 0 radical (unpaired) electrons. The number of rotatable bonds is 4. The molecule has 0 aliphatic carbocycles. The first-order valence-corrected chi connectivity index (χ1v) is 15.9. The van der Waals surface area contributed by atoms with E-state index in [2.05, 4.69) is 131 Å². The third-order valence-corrected chi connectivity index (χ3v) is 9.35. The van der Waals surface area contributed by atoms with Crippen LogP contribution < -0.4 is 14.5 Å². The number of anilines is 6. The van der Waals surface area contributed by atoms with Gasteiger partial charge in [0.1, 0.15) is 5.69 Å². The molecule has 0 N–H and O–H groups in total. The van der Waals surface area contributed by atoms with Crippen LogP contribution in [0.25, 0.3) is 16.9 Å². The number of ether oxygens (including phenoxy) is 1. The van der Waals surface area contributed by atoms with Crippen LogP contribution in [0.4, 0.5) is 34.1 Å². The lowest BCUT2D eigenvalue weighted by Gasteiger charge is -2.42. The van der Waals surface area contributed by atoms with Gasteiger partial charge in [0.05, 0.1) is 40.3 Å². The lowest BCUT2D eigenvalue weighted by molar-refractivity contribution is 0.477. The van der Waals surface area contributed by atoms with Gasteiger partial charge in [-0.25, -0.2) is 4.68 Å². The molecular weight excluding hydrogens is 578 g/mol. The van der Waals surface area contributed by atoms with E-state index < -0.39 is 0 Å². The van der Waals surface area contributed by atoms with Crippen molar-refractivity contribution >= 4 is 34.1 Å². The van der Waals surface area contributed by atoms with E-state index in [-0.39, 0.29) is 5.41 Å². The van der Waals surface area contributed by atoms with E-state index in [1.54, 1.807) is 0 Å². The molecule has 7 aromatic rings. The van der Waals surface area contributed by atoms with Crippen LogP contribution in [0, 0.1) is 0 Å². The SMILES string of the molecule is CC1(C)c2ccccc2N(c2ccc(-c3cn(-c4ccccc4N4c5ccccc5Oc5ccccc54)nn3)cc2)c2ccccc21. The summed E-state index contributed by atoms with van der Waals surface area (Å²) >= 11 is 0. The summed E-state index contributed by atoms with van der Waals surface area (Å²) in [6, 6.07) is 50.5. The summed E-state index contributed by atoms with van der Waals surface area (Å²) < 4.78 is 8.12. The Morgan fingerprint density at radius 1 is 0.489 bits per heavy atom. The van der Waals surface area contributed by atoms with Gasteiger partial charge in [-0.3, -0.25) is 0 Å². The summed E-state index contributed by atoms with van der Waals surface area (Å²) in [4.78, 5) is 4.60. The van der Waals surface area contributed by atoms with Gasteiger partial charge in [-0.1, -0.05) is 104 Å². The van der Waals surface area contributed by atoms with Crippen molar-refractivity contribution in [2.75, 3.05) is 9.80 Å². The second-order valence-electron chi connectivity index (χ2n) is 12.5. The Morgan fingerprint density at radius 3 is 1.57 bits per heavy atom. The molecule has 3 heterocycles. The monoisotopic (exact) mass is 609 g/mol. The predicted molar refractivity (Wildman–Crippen MR) is 188 cm³/mol. The fraction of sp³-hybridized carbons (Fsp3) is 0.0732. The van der Waals surface area contributed by atoms with E-state index in [9.17, 15) is 0 Å². The average molecular weight is 610 g/mol. The van der Waals surface area contributed by atoms with Crippen molar-refractivity contribution in [3.8, 4) is 28.4 Å². The molecule has 0 saturated heterocycles. The van der Waals surface area contributed by atoms with Crippen molar-refractivity contribution < 1.29 is 4.74 Å². The molecule has 1 aromatic heterocycles. The molecule has 0 fully saturated rings. The minimum Gasteiger partial charge on any atom is -0.453 e. The summed E-state index contributed by atoms with van der Waals surface area (Å²) in [7, 11) is 0. The smallest absolute Gasteiger partial charge is 0.151 e. The van der Waals surface area contributed by atoms with Crippen LogP contribution in [0.1, 0.15) is 25.0 Å². The number of aromatic nitrogens is 3. The van der Waals surface area contributed by atoms with Gasteiger partial charge in [-0.05, 0) is 71.8 Å². The van der Waals surface area contributed by atoms with Crippen LogP contribution >= 0.6 is 0 Å². The van der Waals surface area contributed by atoms with E-state index in [1.165, 1.54) is 22.5 Å². The molecule has 2 aliphatic rings. The molecule has 6 aromatic carbocycles. The summed E-state index contributed by atoms with van der Waals surface area (Å²) in [6.45, 7) is 4.62. The maximum Gasteiger partial charge on any atom is 0.151 e. The van der Waals surface area contributed by atoms with Gasteiger partial charge in [-0.15, -0.1) is 5.10 Å². The highest BCUT2D eigenvalue weighted by atomic mass is 16.5. The fourth-order valence-electron chi connectivity index (χ4n) is 7.05. The molecule has 0 atom stereocenters. The average Bonchev–Trinajstić information content (AvgIpc) is 3.62. The highest BCUT2D eigenvalue weighted by molar-refractivity contribution is 5.89. The third kappa shape index (κ3) is 4.26. The summed E-state index contributed by atoms with van der Waals surface area (Å²) in [5, 5.41) is 9.24. The Labute approximate surface area is 273 Å². The molecule has 0 amide bonds. The van der Waals surface area contributed by atoms with Gasteiger partial charge in [0.15, 0.2) is 11.5 Å². The molecule has 6 heteroatoms. The lowest BCUT2D eigenvalue weighted by Crippen LogP contribution is -2.30.